The van der Waals surface area contributed by atoms with E-state index in [2.05, 4.69) is 29.8 Å². The molecule has 1 aromatic rings. The summed E-state index contributed by atoms with van der Waals surface area (Å²) >= 11 is 3.45. The molecule has 0 saturated carbocycles. The van der Waals surface area contributed by atoms with Crippen molar-refractivity contribution in [3.63, 3.8) is 0 Å². The predicted molar refractivity (Wildman–Crippen MR) is 81.4 cm³/mol. The summed E-state index contributed by atoms with van der Waals surface area (Å²) in [6.45, 7) is 6.50. The van der Waals surface area contributed by atoms with E-state index >= 15 is 0 Å². The molecule has 0 fully saturated rings. The number of halogens is 1. The van der Waals surface area contributed by atoms with Crippen molar-refractivity contribution in [3.8, 4) is 0 Å². The quantitative estimate of drug-likeness (QED) is 0.870. The van der Waals surface area contributed by atoms with E-state index in [1.807, 2.05) is 25.1 Å². The van der Waals surface area contributed by atoms with Crippen molar-refractivity contribution in [1.29, 1.82) is 0 Å². The smallest absolute Gasteiger partial charge is 0.254 e. The second kappa shape index (κ2) is 7.65. The van der Waals surface area contributed by atoms with E-state index < -0.39 is 0 Å². The van der Waals surface area contributed by atoms with Crippen molar-refractivity contribution in [2.24, 2.45) is 0 Å². The van der Waals surface area contributed by atoms with E-state index in [1.165, 1.54) is 0 Å². The van der Waals surface area contributed by atoms with Crippen molar-refractivity contribution in [2.45, 2.75) is 39.7 Å². The van der Waals surface area contributed by atoms with Crippen LogP contribution in [0.1, 0.15) is 42.6 Å². The number of amides is 1. The molecule has 0 aliphatic rings. The van der Waals surface area contributed by atoms with Crippen LogP contribution in [0.5, 0.6) is 0 Å². The summed E-state index contributed by atoms with van der Waals surface area (Å²) in [7, 11) is 0. The summed E-state index contributed by atoms with van der Waals surface area (Å²) < 4.78 is 0.937. The largest absolute Gasteiger partial charge is 0.395 e. The lowest BCUT2D eigenvalue weighted by Crippen LogP contribution is -2.41. The van der Waals surface area contributed by atoms with Gasteiger partial charge in [-0.25, -0.2) is 0 Å². The zero-order chi connectivity index (χ0) is 14.4. The van der Waals surface area contributed by atoms with Crippen molar-refractivity contribution in [2.75, 3.05) is 13.2 Å². The number of benzene rings is 1. The average Bonchev–Trinajstić information content (AvgIpc) is 2.41. The Balaban J connectivity index is 3.01. The minimum atomic E-state index is -0.0107. The van der Waals surface area contributed by atoms with Crippen molar-refractivity contribution in [1.82, 2.24) is 4.90 Å². The highest BCUT2D eigenvalue weighted by Crippen LogP contribution is 2.20. The lowest BCUT2D eigenvalue weighted by atomic mass is 10.1. The lowest BCUT2D eigenvalue weighted by Gasteiger charge is -2.30. The first-order chi connectivity index (χ1) is 9.04. The Kier molecular flexibility index (Phi) is 6.52. The highest BCUT2D eigenvalue weighted by Gasteiger charge is 2.22. The van der Waals surface area contributed by atoms with E-state index in [9.17, 15) is 4.79 Å². The molecule has 1 aromatic carbocycles. The fraction of sp³-hybridized carbons (Fsp3) is 0.533. The third-order valence-electron chi connectivity index (χ3n) is 3.40. The van der Waals surface area contributed by atoms with Crippen LogP contribution in [0, 0.1) is 6.92 Å². The van der Waals surface area contributed by atoms with Gasteiger partial charge in [0, 0.05) is 22.6 Å². The molecule has 19 heavy (non-hydrogen) atoms. The summed E-state index contributed by atoms with van der Waals surface area (Å²) in [5, 5.41) is 9.17. The Bertz CT molecular complexity index is 430. The molecule has 0 heterocycles. The van der Waals surface area contributed by atoms with Crippen LogP contribution < -0.4 is 0 Å². The Morgan fingerprint density at radius 1 is 1.37 bits per heavy atom. The van der Waals surface area contributed by atoms with Crippen molar-refractivity contribution < 1.29 is 9.90 Å². The zero-order valence-electron chi connectivity index (χ0n) is 11.8. The molecule has 3 nitrogen and oxygen atoms in total. The van der Waals surface area contributed by atoms with Crippen LogP contribution in [0.3, 0.4) is 0 Å². The number of rotatable bonds is 6. The van der Waals surface area contributed by atoms with Gasteiger partial charge in [0.05, 0.1) is 6.61 Å². The summed E-state index contributed by atoms with van der Waals surface area (Å²) in [6, 6.07) is 5.81. The van der Waals surface area contributed by atoms with Crippen LogP contribution in [0.4, 0.5) is 0 Å². The monoisotopic (exact) mass is 327 g/mol. The standard InChI is InChI=1S/C15H22BrNO2/c1-4-13(5-2)17(8-9-18)15(19)12-7-6-11(3)14(16)10-12/h6-7,10,13,18H,4-5,8-9H2,1-3H3. The van der Waals surface area contributed by atoms with E-state index in [0.29, 0.717) is 12.1 Å². The number of carbonyl (C=O) groups excluding carboxylic acids is 1. The Morgan fingerprint density at radius 3 is 2.47 bits per heavy atom. The maximum absolute atomic E-state index is 12.6. The molecule has 0 unspecified atom stereocenters. The van der Waals surface area contributed by atoms with Crippen LogP contribution in [-0.2, 0) is 0 Å². The molecule has 0 spiro atoms. The van der Waals surface area contributed by atoms with Crippen LogP contribution in [0.2, 0.25) is 0 Å². The summed E-state index contributed by atoms with van der Waals surface area (Å²) in [6.07, 6.45) is 1.80. The molecule has 0 radical (unpaired) electrons. The first kappa shape index (κ1) is 16.2. The molecule has 106 valence electrons. The lowest BCUT2D eigenvalue weighted by molar-refractivity contribution is 0.0622. The normalized spacial score (nSPS) is 10.8. The summed E-state index contributed by atoms with van der Waals surface area (Å²) in [4.78, 5) is 14.3. The van der Waals surface area contributed by atoms with E-state index in [0.717, 1.165) is 22.9 Å². The topological polar surface area (TPSA) is 40.5 Å². The fourth-order valence-corrected chi connectivity index (χ4v) is 2.56. The number of aliphatic hydroxyl groups excluding tert-OH is 1. The molecular formula is C15H22BrNO2. The summed E-state index contributed by atoms with van der Waals surface area (Å²) in [5.74, 6) is -0.0107. The van der Waals surface area contributed by atoms with Crippen LogP contribution in [0.15, 0.2) is 22.7 Å². The minimum Gasteiger partial charge on any atom is -0.395 e. The molecule has 1 amide bonds. The Morgan fingerprint density at radius 2 is 2.00 bits per heavy atom. The fourth-order valence-electron chi connectivity index (χ4n) is 2.18. The highest BCUT2D eigenvalue weighted by atomic mass is 79.9. The molecular weight excluding hydrogens is 306 g/mol. The molecule has 0 aliphatic heterocycles. The zero-order valence-corrected chi connectivity index (χ0v) is 13.4. The molecule has 0 atom stereocenters. The number of hydrogen-bond donors (Lipinski definition) is 1. The van der Waals surface area contributed by atoms with Gasteiger partial charge in [0.2, 0.25) is 0 Å². The van der Waals surface area contributed by atoms with Gasteiger partial charge in [-0.1, -0.05) is 35.8 Å². The van der Waals surface area contributed by atoms with Crippen molar-refractivity contribution >= 4 is 21.8 Å². The second-order valence-corrected chi connectivity index (χ2v) is 5.51. The predicted octanol–water partition coefficient (Wildman–Crippen LogP) is 3.38. The molecule has 4 heteroatoms. The number of carbonyl (C=O) groups is 1. The molecule has 0 bridgehead atoms. The van der Waals surface area contributed by atoms with Gasteiger partial charge in [-0.3, -0.25) is 4.79 Å². The highest BCUT2D eigenvalue weighted by molar-refractivity contribution is 9.10. The number of hydrogen-bond acceptors (Lipinski definition) is 2. The maximum atomic E-state index is 12.6. The van der Waals surface area contributed by atoms with Crippen molar-refractivity contribution in [3.05, 3.63) is 33.8 Å². The number of aryl methyl sites for hydroxylation is 1. The first-order valence-corrected chi connectivity index (χ1v) is 7.52. The van der Waals surface area contributed by atoms with Gasteiger partial charge in [0.15, 0.2) is 0 Å². The van der Waals surface area contributed by atoms with Gasteiger partial charge in [-0.2, -0.15) is 0 Å². The molecule has 0 aliphatic carbocycles. The van der Waals surface area contributed by atoms with Gasteiger partial charge < -0.3 is 10.0 Å². The van der Waals surface area contributed by atoms with E-state index in [-0.39, 0.29) is 18.6 Å². The number of nitrogens with zero attached hydrogens (tertiary/aromatic N) is 1. The third kappa shape index (κ3) is 4.05. The first-order valence-electron chi connectivity index (χ1n) is 6.73. The van der Waals surface area contributed by atoms with Gasteiger partial charge in [0.25, 0.3) is 5.91 Å². The maximum Gasteiger partial charge on any atom is 0.254 e. The van der Waals surface area contributed by atoms with Gasteiger partial charge >= 0.3 is 0 Å². The molecule has 1 rings (SSSR count). The van der Waals surface area contributed by atoms with Crippen LogP contribution >= 0.6 is 15.9 Å². The third-order valence-corrected chi connectivity index (χ3v) is 4.26. The second-order valence-electron chi connectivity index (χ2n) is 4.66. The Labute approximate surface area is 123 Å². The van der Waals surface area contributed by atoms with E-state index in [4.69, 9.17) is 5.11 Å². The molecule has 0 saturated heterocycles. The van der Waals surface area contributed by atoms with E-state index in [1.54, 1.807) is 4.90 Å². The Hall–Kier alpha value is -0.870. The van der Waals surface area contributed by atoms with Crippen LogP contribution in [0.25, 0.3) is 0 Å². The van der Waals surface area contributed by atoms with Gasteiger partial charge in [-0.05, 0) is 37.5 Å². The molecule has 1 N–H and O–H groups in total. The van der Waals surface area contributed by atoms with Crippen LogP contribution in [-0.4, -0.2) is 35.1 Å². The minimum absolute atomic E-state index is 0.00469. The van der Waals surface area contributed by atoms with Gasteiger partial charge in [0.1, 0.15) is 0 Å². The number of aliphatic hydroxyl groups is 1. The average molecular weight is 328 g/mol. The molecule has 0 aromatic heterocycles. The van der Waals surface area contributed by atoms with Gasteiger partial charge in [-0.15, -0.1) is 0 Å². The summed E-state index contributed by atoms with van der Waals surface area (Å²) in [5.41, 5.74) is 1.77. The SMILES string of the molecule is CCC(CC)N(CCO)C(=O)c1ccc(C)c(Br)c1.